The van der Waals surface area contributed by atoms with Crippen LogP contribution in [0.4, 0.5) is 0 Å². The van der Waals surface area contributed by atoms with Crippen LogP contribution in [0.1, 0.15) is 88.2 Å². The lowest BCUT2D eigenvalue weighted by molar-refractivity contribution is -0.148. The van der Waals surface area contributed by atoms with E-state index >= 15 is 0 Å². The number of rotatable bonds is 33. The van der Waals surface area contributed by atoms with Crippen molar-refractivity contribution in [1.82, 2.24) is 46.6 Å². The summed E-state index contributed by atoms with van der Waals surface area (Å²) in [5.41, 5.74) is 34.7. The third kappa shape index (κ3) is 20.9. The maximum Gasteiger partial charge on any atom is 0.326 e. The van der Waals surface area contributed by atoms with Crippen LogP contribution in [0.5, 0.6) is 0 Å². The number of nitrogens with two attached hydrogens (primary N) is 6. The van der Waals surface area contributed by atoms with Crippen molar-refractivity contribution in [3.8, 4) is 0 Å². The Labute approximate surface area is 498 Å². The fraction of sp³-hybridized carbons (Fsp3) is 0.571. The molecule has 0 radical (unpaired) electrons. The molecule has 86 heavy (non-hydrogen) atoms. The molecule has 3 aliphatic rings. The van der Waals surface area contributed by atoms with Gasteiger partial charge in [-0.05, 0) is 81.9 Å². The number of aliphatic carboxylic acids is 1. The molecule has 3 heterocycles. The molecule has 21 N–H and O–H groups in total. The van der Waals surface area contributed by atoms with Gasteiger partial charge in [0.25, 0.3) is 0 Å². The van der Waals surface area contributed by atoms with E-state index in [1.165, 1.54) is 4.90 Å². The average molecular weight is 1200 g/mol. The molecule has 9 amide bonds. The van der Waals surface area contributed by atoms with Crippen molar-refractivity contribution in [2.24, 2.45) is 44.4 Å². The summed E-state index contributed by atoms with van der Waals surface area (Å²) in [7, 11) is 0. The third-order valence-electron chi connectivity index (χ3n) is 15.0. The highest BCUT2D eigenvalue weighted by Crippen LogP contribution is 2.27. The summed E-state index contributed by atoms with van der Waals surface area (Å²) in [6, 6.07) is 5.82. The number of aliphatic hydroxyl groups excluding tert-OH is 2. The highest BCUT2D eigenvalue weighted by atomic mass is 16.4. The molecule has 30 heteroatoms. The van der Waals surface area contributed by atoms with E-state index in [0.717, 1.165) is 9.80 Å². The van der Waals surface area contributed by atoms with Gasteiger partial charge in [0.05, 0.1) is 25.3 Å². The minimum Gasteiger partial charge on any atom is -0.480 e. The molecular formula is C56H85N17O13. The van der Waals surface area contributed by atoms with Crippen molar-refractivity contribution in [3.05, 3.63) is 71.8 Å². The van der Waals surface area contributed by atoms with Gasteiger partial charge in [0.2, 0.25) is 53.2 Å². The molecule has 0 saturated carbocycles. The van der Waals surface area contributed by atoms with Gasteiger partial charge in [-0.25, -0.2) is 4.79 Å². The number of likely N-dealkylation sites (tertiary alicyclic amines) is 3. The van der Waals surface area contributed by atoms with E-state index in [-0.39, 0.29) is 102 Å². The number of carbonyl (C=O) groups is 10. The standard InChI is InChI=1S/C56H85N17O13/c57-22-8-7-17-36(58)46(77)67-37(18-9-23-63-55(59)60)51(82)72-26-12-21-43(72)53(84)73-31-35(75)29-44(73)49(80)65-30-45(76)66-39(27-33-13-3-1-4-14-33)47(78)70-41(32-74)52(83)71-25-11-20-42(71)50(81)69-40(28-34-15-5-2-6-16-34)48(79)68-38(54(85)86)19-10-24-64-56(61)62/h1-6,13-16,35-44,74-75H,7-12,17-32,57-58H2,(H,65,80)(H,66,76)(H,67,77)(H,68,79)(H,69,81)(H,70,78)(H,85,86)(H4,59,60,63)(H4,61,62,64)/t35-,36+,37+,38+,39+,40+,41+,42+,43+,44+/m1/s1. The summed E-state index contributed by atoms with van der Waals surface area (Å²) in [5.74, 6) is -8.46. The van der Waals surface area contributed by atoms with E-state index in [2.05, 4.69) is 41.9 Å². The number of unbranched alkanes of at least 4 members (excludes halogenated alkanes) is 1. The fourth-order valence-electron chi connectivity index (χ4n) is 10.6. The fourth-order valence-corrected chi connectivity index (χ4v) is 10.6. The molecule has 10 atom stereocenters. The molecular weight excluding hydrogens is 1120 g/mol. The predicted molar refractivity (Wildman–Crippen MR) is 314 cm³/mol. The smallest absolute Gasteiger partial charge is 0.326 e. The van der Waals surface area contributed by atoms with Crippen molar-refractivity contribution < 1.29 is 63.3 Å². The van der Waals surface area contributed by atoms with E-state index in [0.29, 0.717) is 49.8 Å². The molecule has 3 saturated heterocycles. The summed E-state index contributed by atoms with van der Waals surface area (Å²) in [6.45, 7) is -1.08. The second-order valence-corrected chi connectivity index (χ2v) is 21.5. The van der Waals surface area contributed by atoms with Crippen LogP contribution in [0.2, 0.25) is 0 Å². The number of carbonyl (C=O) groups excluding carboxylic acids is 9. The molecule has 0 spiro atoms. The van der Waals surface area contributed by atoms with Crippen LogP contribution in [0.3, 0.4) is 0 Å². The number of carboxylic acid groups (broad SMARTS) is 1. The molecule has 0 aliphatic carbocycles. The summed E-state index contributed by atoms with van der Waals surface area (Å²) in [6.07, 6.45) is 1.65. The van der Waals surface area contributed by atoms with E-state index in [1.54, 1.807) is 60.7 Å². The predicted octanol–water partition coefficient (Wildman–Crippen LogP) is -5.40. The Kier molecular flexibility index (Phi) is 27.4. The van der Waals surface area contributed by atoms with Crippen LogP contribution in [-0.2, 0) is 60.8 Å². The Bertz CT molecular complexity index is 2700. The molecule has 3 fully saturated rings. The first kappa shape index (κ1) is 68.3. The second kappa shape index (κ2) is 34.5. The van der Waals surface area contributed by atoms with Gasteiger partial charge >= 0.3 is 5.97 Å². The maximum absolute atomic E-state index is 14.4. The van der Waals surface area contributed by atoms with Crippen LogP contribution < -0.4 is 66.3 Å². The highest BCUT2D eigenvalue weighted by molar-refractivity contribution is 5.98. The van der Waals surface area contributed by atoms with Crippen LogP contribution in [0.15, 0.2) is 70.6 Å². The van der Waals surface area contributed by atoms with E-state index < -0.39 is 133 Å². The van der Waals surface area contributed by atoms with Gasteiger partial charge in [0.1, 0.15) is 48.3 Å². The maximum atomic E-state index is 14.4. The Morgan fingerprint density at radius 3 is 1.64 bits per heavy atom. The van der Waals surface area contributed by atoms with Gasteiger partial charge in [-0.1, -0.05) is 67.1 Å². The highest BCUT2D eigenvalue weighted by Gasteiger charge is 2.46. The quantitative estimate of drug-likeness (QED) is 0.0180. The molecule has 0 unspecified atom stereocenters. The number of β-amino-alcohol motifs (C(OH)–C–C–N with tert-alkyl or cyclic N) is 1. The number of carboxylic acids is 1. The number of nitrogens with one attached hydrogen (secondary N) is 6. The second-order valence-electron chi connectivity index (χ2n) is 21.5. The first-order chi connectivity index (χ1) is 41.1. The van der Waals surface area contributed by atoms with E-state index in [1.807, 2.05) is 0 Å². The van der Waals surface area contributed by atoms with Gasteiger partial charge in [-0.15, -0.1) is 0 Å². The number of aliphatic hydroxyl groups is 2. The first-order valence-corrected chi connectivity index (χ1v) is 29.0. The van der Waals surface area contributed by atoms with Crippen molar-refractivity contribution in [3.63, 3.8) is 0 Å². The number of nitrogens with zero attached hydrogens (tertiary/aromatic N) is 5. The summed E-state index contributed by atoms with van der Waals surface area (Å²) in [5, 5.41) is 46.8. The van der Waals surface area contributed by atoms with Crippen LogP contribution >= 0.6 is 0 Å². The Balaban J connectivity index is 1.24. The van der Waals surface area contributed by atoms with Crippen molar-refractivity contribution in [2.45, 2.75) is 150 Å². The summed E-state index contributed by atoms with van der Waals surface area (Å²) in [4.78, 5) is 149. The van der Waals surface area contributed by atoms with Gasteiger partial charge < -0.3 is 96.3 Å². The number of hydrogen-bond acceptors (Lipinski definition) is 16. The van der Waals surface area contributed by atoms with Crippen molar-refractivity contribution in [2.75, 3.05) is 52.4 Å². The molecule has 30 nitrogen and oxygen atoms in total. The zero-order valence-corrected chi connectivity index (χ0v) is 48.2. The summed E-state index contributed by atoms with van der Waals surface area (Å²) < 4.78 is 0. The van der Waals surface area contributed by atoms with Gasteiger partial charge in [-0.3, -0.25) is 53.1 Å². The molecule has 0 aromatic heterocycles. The van der Waals surface area contributed by atoms with Crippen molar-refractivity contribution >= 4 is 71.1 Å². The lowest BCUT2D eigenvalue weighted by Gasteiger charge is -2.33. The lowest BCUT2D eigenvalue weighted by atomic mass is 10.0. The minimum atomic E-state index is -1.64. The largest absolute Gasteiger partial charge is 0.480 e. The van der Waals surface area contributed by atoms with E-state index in [4.69, 9.17) is 34.4 Å². The van der Waals surface area contributed by atoms with Gasteiger partial charge in [0.15, 0.2) is 11.9 Å². The minimum absolute atomic E-state index is 0.0205. The Morgan fingerprint density at radius 1 is 0.581 bits per heavy atom. The Hall–Kier alpha value is -8.48. The number of amides is 9. The number of hydrogen-bond donors (Lipinski definition) is 15. The topological polar surface area (TPSA) is 494 Å². The molecule has 2 aromatic carbocycles. The van der Waals surface area contributed by atoms with Gasteiger partial charge in [0, 0.05) is 52.0 Å². The SMILES string of the molecule is NCCCC[C@H](N)C(=O)N[C@@H](CCCN=C(N)N)C(=O)N1CCC[C@H]1C(=O)N1C[C@H](O)C[C@H]1C(=O)NCC(=O)N[C@@H](Cc1ccccc1)C(=O)N[C@@H](CO)C(=O)N1CCC[C@H]1C(=O)N[C@@H](Cc1ccccc1)C(=O)N[C@@H](CCCN=C(N)N)C(=O)O. The number of guanidine groups is 2. The van der Waals surface area contributed by atoms with Crippen molar-refractivity contribution in [1.29, 1.82) is 0 Å². The average Bonchev–Trinajstić information content (AvgIpc) is 3.02. The van der Waals surface area contributed by atoms with E-state index in [9.17, 15) is 63.3 Å². The normalized spacial score (nSPS) is 19.3. The Morgan fingerprint density at radius 2 is 1.09 bits per heavy atom. The molecule has 2 aromatic rings. The lowest BCUT2D eigenvalue weighted by Crippen LogP contribution is -2.60. The molecule has 5 rings (SSSR count). The molecule has 3 aliphatic heterocycles. The zero-order valence-electron chi connectivity index (χ0n) is 48.2. The summed E-state index contributed by atoms with van der Waals surface area (Å²) >= 11 is 0. The molecule has 0 bridgehead atoms. The number of aliphatic imine (C=N–C) groups is 2. The number of benzene rings is 2. The third-order valence-corrected chi connectivity index (χ3v) is 15.0. The van der Waals surface area contributed by atoms with Crippen LogP contribution in [-0.4, -0.2) is 214 Å². The van der Waals surface area contributed by atoms with Gasteiger partial charge in [-0.2, -0.15) is 0 Å². The van der Waals surface area contributed by atoms with Crippen LogP contribution in [0, 0.1) is 0 Å². The monoisotopic (exact) mass is 1200 g/mol. The van der Waals surface area contributed by atoms with Crippen LogP contribution in [0.25, 0.3) is 0 Å². The molecule has 472 valence electrons. The zero-order chi connectivity index (χ0) is 62.9. The first-order valence-electron chi connectivity index (χ1n) is 29.0.